The van der Waals surface area contributed by atoms with E-state index in [-0.39, 0.29) is 17.8 Å². The summed E-state index contributed by atoms with van der Waals surface area (Å²) < 4.78 is 25.9. The molecule has 2 rings (SSSR count). The molecule has 0 amide bonds. The highest BCUT2D eigenvalue weighted by Gasteiger charge is 2.10. The van der Waals surface area contributed by atoms with Crippen LogP contribution in [0.5, 0.6) is 0 Å². The van der Waals surface area contributed by atoms with E-state index in [0.29, 0.717) is 11.4 Å². The maximum Gasteiger partial charge on any atom is 0.167 e. The molecule has 5 heteroatoms. The number of nitrogen functional groups attached to an aromatic ring is 1. The minimum atomic E-state index is -0.771. The van der Waals surface area contributed by atoms with Gasteiger partial charge in [0.05, 0.1) is 0 Å². The Bertz CT molecular complexity index is 579. The fourth-order valence-corrected chi connectivity index (χ4v) is 1.61. The van der Waals surface area contributed by atoms with E-state index in [0.717, 1.165) is 18.2 Å². The highest BCUT2D eigenvalue weighted by molar-refractivity contribution is 5.97. The van der Waals surface area contributed by atoms with Crippen molar-refractivity contribution in [3.05, 3.63) is 59.3 Å². The summed E-state index contributed by atoms with van der Waals surface area (Å²) in [5.74, 6) is -1.62. The van der Waals surface area contributed by atoms with E-state index in [1.807, 2.05) is 0 Å². The van der Waals surface area contributed by atoms with Gasteiger partial charge in [-0.2, -0.15) is 0 Å². The quantitative estimate of drug-likeness (QED) is 0.848. The molecule has 3 nitrogen and oxygen atoms in total. The van der Waals surface area contributed by atoms with E-state index in [9.17, 15) is 13.6 Å². The van der Waals surface area contributed by atoms with Gasteiger partial charge in [0, 0.05) is 24.2 Å². The summed E-state index contributed by atoms with van der Waals surface area (Å²) in [5, 5.41) is 0. The number of nitrogens with zero attached hydrogens (tertiary/aromatic N) is 1. The van der Waals surface area contributed by atoms with Crippen LogP contribution in [0.3, 0.4) is 0 Å². The Morgan fingerprint density at radius 1 is 1.17 bits per heavy atom. The summed E-state index contributed by atoms with van der Waals surface area (Å²) in [7, 11) is 0. The van der Waals surface area contributed by atoms with Crippen LogP contribution in [0.1, 0.15) is 15.9 Å². The molecule has 0 saturated carbocycles. The average Bonchev–Trinajstić information content (AvgIpc) is 2.27. The van der Waals surface area contributed by atoms with Crippen molar-refractivity contribution in [1.29, 1.82) is 0 Å². The molecule has 0 unspecified atom stereocenters. The normalized spacial score (nSPS) is 10.3. The number of benzene rings is 1. The van der Waals surface area contributed by atoms with Gasteiger partial charge in [-0.05, 0) is 29.8 Å². The maximum absolute atomic E-state index is 13.0. The molecule has 0 saturated heterocycles. The standard InChI is InChI=1S/C13H10F2N2O/c14-10-5-9(6-11(15)7-10)12(18)3-8-1-2-17-13(16)4-8/h1-2,4-7H,3H2,(H2,16,17). The van der Waals surface area contributed by atoms with E-state index in [1.54, 1.807) is 12.1 Å². The van der Waals surface area contributed by atoms with Crippen LogP contribution >= 0.6 is 0 Å². The molecule has 2 N–H and O–H groups in total. The van der Waals surface area contributed by atoms with Gasteiger partial charge in [-0.1, -0.05) is 0 Å². The van der Waals surface area contributed by atoms with Crippen LogP contribution in [-0.4, -0.2) is 10.8 Å². The van der Waals surface area contributed by atoms with Crippen LogP contribution in [0.15, 0.2) is 36.5 Å². The third-order valence-corrected chi connectivity index (χ3v) is 2.39. The second-order valence-corrected chi connectivity index (χ2v) is 3.85. The maximum atomic E-state index is 13.0. The first-order valence-corrected chi connectivity index (χ1v) is 5.24. The van der Waals surface area contributed by atoms with Gasteiger partial charge < -0.3 is 5.73 Å². The lowest BCUT2D eigenvalue weighted by atomic mass is 10.0. The summed E-state index contributed by atoms with van der Waals surface area (Å²) in [6.45, 7) is 0. The van der Waals surface area contributed by atoms with Crippen molar-refractivity contribution in [1.82, 2.24) is 4.98 Å². The summed E-state index contributed by atoms with van der Waals surface area (Å²) in [4.78, 5) is 15.6. The number of carbonyl (C=O) groups is 1. The van der Waals surface area contributed by atoms with Crippen molar-refractivity contribution >= 4 is 11.6 Å². The number of carbonyl (C=O) groups excluding carboxylic acids is 1. The van der Waals surface area contributed by atoms with Crippen LogP contribution in [0.4, 0.5) is 14.6 Å². The highest BCUT2D eigenvalue weighted by Crippen LogP contribution is 2.12. The van der Waals surface area contributed by atoms with Gasteiger partial charge in [0.2, 0.25) is 0 Å². The molecule has 0 atom stereocenters. The summed E-state index contributed by atoms with van der Waals surface area (Å²) in [5.41, 5.74) is 6.13. The van der Waals surface area contributed by atoms with E-state index in [2.05, 4.69) is 4.98 Å². The van der Waals surface area contributed by atoms with Gasteiger partial charge in [-0.25, -0.2) is 13.8 Å². The molecule has 0 aliphatic rings. The van der Waals surface area contributed by atoms with Crippen molar-refractivity contribution in [3.63, 3.8) is 0 Å². The highest BCUT2D eigenvalue weighted by atomic mass is 19.1. The van der Waals surface area contributed by atoms with Crippen molar-refractivity contribution in [2.45, 2.75) is 6.42 Å². The molecule has 1 aromatic carbocycles. The average molecular weight is 248 g/mol. The minimum absolute atomic E-state index is 0.00267. The third kappa shape index (κ3) is 2.88. The molecule has 2 aromatic rings. The van der Waals surface area contributed by atoms with Crippen LogP contribution in [0, 0.1) is 11.6 Å². The minimum Gasteiger partial charge on any atom is -0.384 e. The molecular weight excluding hydrogens is 238 g/mol. The molecule has 0 fully saturated rings. The number of rotatable bonds is 3. The monoisotopic (exact) mass is 248 g/mol. The van der Waals surface area contributed by atoms with E-state index in [4.69, 9.17) is 5.73 Å². The number of hydrogen-bond acceptors (Lipinski definition) is 3. The molecule has 1 aromatic heterocycles. The Hall–Kier alpha value is -2.30. The van der Waals surface area contributed by atoms with Crippen molar-refractivity contribution < 1.29 is 13.6 Å². The fourth-order valence-electron chi connectivity index (χ4n) is 1.61. The van der Waals surface area contributed by atoms with Crippen molar-refractivity contribution in [2.75, 3.05) is 5.73 Å². The van der Waals surface area contributed by atoms with Crippen LogP contribution in [-0.2, 0) is 6.42 Å². The molecule has 0 aliphatic carbocycles. The lowest BCUT2D eigenvalue weighted by molar-refractivity contribution is 0.0992. The number of anilines is 1. The molecule has 92 valence electrons. The van der Waals surface area contributed by atoms with E-state index >= 15 is 0 Å². The molecule has 18 heavy (non-hydrogen) atoms. The molecule has 0 bridgehead atoms. The number of halogens is 2. The smallest absolute Gasteiger partial charge is 0.167 e. The predicted octanol–water partition coefficient (Wildman–Crippen LogP) is 2.37. The number of hydrogen-bond donors (Lipinski definition) is 1. The molecule has 0 spiro atoms. The summed E-state index contributed by atoms with van der Waals surface area (Å²) in [6.07, 6.45) is 1.50. The predicted molar refractivity (Wildman–Crippen MR) is 63.0 cm³/mol. The Labute approximate surface area is 102 Å². The number of nitrogens with two attached hydrogens (primary N) is 1. The second kappa shape index (κ2) is 4.91. The number of pyridine rings is 1. The lowest BCUT2D eigenvalue weighted by Crippen LogP contribution is -2.05. The van der Waals surface area contributed by atoms with Gasteiger partial charge in [-0.3, -0.25) is 4.79 Å². The van der Waals surface area contributed by atoms with Crippen LogP contribution in [0.2, 0.25) is 0 Å². The summed E-state index contributed by atoms with van der Waals surface area (Å²) >= 11 is 0. The van der Waals surface area contributed by atoms with Gasteiger partial charge in [-0.15, -0.1) is 0 Å². The zero-order valence-electron chi connectivity index (χ0n) is 9.36. The molecule has 0 radical (unpaired) electrons. The van der Waals surface area contributed by atoms with Crippen LogP contribution in [0.25, 0.3) is 0 Å². The zero-order chi connectivity index (χ0) is 13.1. The Kier molecular flexibility index (Phi) is 3.32. The number of ketones is 1. The lowest BCUT2D eigenvalue weighted by Gasteiger charge is -2.03. The van der Waals surface area contributed by atoms with E-state index in [1.165, 1.54) is 6.20 Å². The van der Waals surface area contributed by atoms with E-state index < -0.39 is 11.6 Å². The van der Waals surface area contributed by atoms with Gasteiger partial charge in [0.1, 0.15) is 17.5 Å². The SMILES string of the molecule is Nc1cc(CC(=O)c2cc(F)cc(F)c2)ccn1. The summed E-state index contributed by atoms with van der Waals surface area (Å²) in [6, 6.07) is 5.92. The van der Waals surface area contributed by atoms with Gasteiger partial charge in [0.25, 0.3) is 0 Å². The zero-order valence-corrected chi connectivity index (χ0v) is 9.36. The molecular formula is C13H10F2N2O. The Morgan fingerprint density at radius 2 is 1.83 bits per heavy atom. The molecule has 0 aliphatic heterocycles. The number of aromatic nitrogens is 1. The molecule has 1 heterocycles. The third-order valence-electron chi connectivity index (χ3n) is 2.39. The first-order valence-electron chi connectivity index (χ1n) is 5.24. The Morgan fingerprint density at radius 3 is 2.44 bits per heavy atom. The first-order chi connectivity index (χ1) is 8.54. The van der Waals surface area contributed by atoms with Gasteiger partial charge in [0.15, 0.2) is 5.78 Å². The van der Waals surface area contributed by atoms with Gasteiger partial charge >= 0.3 is 0 Å². The topological polar surface area (TPSA) is 56.0 Å². The fraction of sp³-hybridized carbons (Fsp3) is 0.0769. The van der Waals surface area contributed by atoms with Crippen molar-refractivity contribution in [2.24, 2.45) is 0 Å². The number of Topliss-reactive ketones (excluding diaryl/α,β-unsaturated/α-hetero) is 1. The van der Waals surface area contributed by atoms with Crippen molar-refractivity contribution in [3.8, 4) is 0 Å². The van der Waals surface area contributed by atoms with Crippen LogP contribution < -0.4 is 5.73 Å². The first kappa shape index (κ1) is 12.2. The largest absolute Gasteiger partial charge is 0.384 e. The second-order valence-electron chi connectivity index (χ2n) is 3.85. The Balaban J connectivity index is 2.22.